The van der Waals surface area contributed by atoms with E-state index in [4.69, 9.17) is 14.9 Å². The lowest BCUT2D eigenvalue weighted by atomic mass is 10.1. The number of nitrogens with zero attached hydrogens (tertiary/aromatic N) is 2. The number of carbonyl (C=O) groups is 1. The molecule has 1 aromatic heterocycles. The minimum atomic E-state index is -0.275. The van der Waals surface area contributed by atoms with Gasteiger partial charge in [-0.3, -0.25) is 4.79 Å². The largest absolute Gasteiger partial charge is 0.423 e. The van der Waals surface area contributed by atoms with Crippen LogP contribution < -0.4 is 11.1 Å². The first-order valence-electron chi connectivity index (χ1n) is 6.54. The van der Waals surface area contributed by atoms with Gasteiger partial charge < -0.3 is 20.2 Å². The molecule has 3 N–H and O–H groups in total. The zero-order valence-corrected chi connectivity index (χ0v) is 12.0. The van der Waals surface area contributed by atoms with Crippen LogP contribution in [0.3, 0.4) is 0 Å². The molecule has 0 spiro atoms. The third-order valence-electron chi connectivity index (χ3n) is 3.12. The fourth-order valence-corrected chi connectivity index (χ4v) is 1.91. The number of carbonyl (C=O) groups excluding carboxylic acids is 1. The SMILES string of the molecule is COC(CN)CC(=O)Nc1ccc(-c2nnco2)cc1C. The molecule has 1 heterocycles. The summed E-state index contributed by atoms with van der Waals surface area (Å²) in [6.07, 6.45) is 1.22. The van der Waals surface area contributed by atoms with E-state index in [1.165, 1.54) is 13.5 Å². The van der Waals surface area contributed by atoms with Gasteiger partial charge in [0.1, 0.15) is 0 Å². The van der Waals surface area contributed by atoms with Crippen LogP contribution in [0.15, 0.2) is 29.0 Å². The van der Waals surface area contributed by atoms with Crippen molar-refractivity contribution in [3.8, 4) is 11.5 Å². The summed E-state index contributed by atoms with van der Waals surface area (Å²) < 4.78 is 10.2. The fourth-order valence-electron chi connectivity index (χ4n) is 1.91. The summed E-state index contributed by atoms with van der Waals surface area (Å²) in [4.78, 5) is 11.9. The van der Waals surface area contributed by atoms with E-state index in [1.54, 1.807) is 6.07 Å². The minimum Gasteiger partial charge on any atom is -0.423 e. The summed E-state index contributed by atoms with van der Waals surface area (Å²) in [6.45, 7) is 2.20. The van der Waals surface area contributed by atoms with E-state index in [0.717, 1.165) is 16.8 Å². The number of aryl methyl sites for hydroxylation is 1. The Morgan fingerprint density at radius 3 is 2.90 bits per heavy atom. The van der Waals surface area contributed by atoms with E-state index < -0.39 is 0 Å². The number of rotatable bonds is 6. The maximum absolute atomic E-state index is 11.9. The zero-order valence-electron chi connectivity index (χ0n) is 12.0. The number of hydrogen-bond donors (Lipinski definition) is 2. The topological polar surface area (TPSA) is 103 Å². The summed E-state index contributed by atoms with van der Waals surface area (Å²) in [7, 11) is 1.54. The van der Waals surface area contributed by atoms with Gasteiger partial charge in [-0.05, 0) is 30.7 Å². The molecule has 7 nitrogen and oxygen atoms in total. The highest BCUT2D eigenvalue weighted by atomic mass is 16.5. The highest BCUT2D eigenvalue weighted by Crippen LogP contribution is 2.23. The Morgan fingerprint density at radius 2 is 2.33 bits per heavy atom. The number of aromatic nitrogens is 2. The lowest BCUT2D eigenvalue weighted by molar-refractivity contribution is -0.118. The third kappa shape index (κ3) is 3.87. The van der Waals surface area contributed by atoms with E-state index in [-0.39, 0.29) is 18.4 Å². The quantitative estimate of drug-likeness (QED) is 0.832. The van der Waals surface area contributed by atoms with Gasteiger partial charge >= 0.3 is 0 Å². The number of nitrogens with two attached hydrogens (primary N) is 1. The Labute approximate surface area is 122 Å². The molecule has 0 radical (unpaired) electrons. The molecule has 1 amide bonds. The minimum absolute atomic E-state index is 0.138. The van der Waals surface area contributed by atoms with Gasteiger partial charge in [-0.25, -0.2) is 0 Å². The summed E-state index contributed by atoms with van der Waals surface area (Å²) in [5, 5.41) is 10.3. The van der Waals surface area contributed by atoms with Gasteiger partial charge in [0.2, 0.25) is 18.2 Å². The van der Waals surface area contributed by atoms with E-state index >= 15 is 0 Å². The maximum Gasteiger partial charge on any atom is 0.247 e. The Kier molecular flexibility index (Phi) is 5.02. The molecule has 1 unspecified atom stereocenters. The van der Waals surface area contributed by atoms with Crippen LogP contribution in [0.5, 0.6) is 0 Å². The first kappa shape index (κ1) is 15.1. The molecular formula is C14H18N4O3. The van der Waals surface area contributed by atoms with Gasteiger partial charge in [-0.2, -0.15) is 0 Å². The average molecular weight is 290 g/mol. The van der Waals surface area contributed by atoms with Crippen molar-refractivity contribution in [2.24, 2.45) is 5.73 Å². The number of benzene rings is 1. The van der Waals surface area contributed by atoms with Gasteiger partial charge in [0.05, 0.1) is 12.5 Å². The van der Waals surface area contributed by atoms with Crippen molar-refractivity contribution < 1.29 is 13.9 Å². The molecule has 0 saturated carbocycles. The zero-order chi connectivity index (χ0) is 15.2. The molecular weight excluding hydrogens is 272 g/mol. The van der Waals surface area contributed by atoms with Crippen molar-refractivity contribution in [3.63, 3.8) is 0 Å². The number of hydrogen-bond acceptors (Lipinski definition) is 6. The van der Waals surface area contributed by atoms with Crippen molar-refractivity contribution in [2.45, 2.75) is 19.4 Å². The molecule has 112 valence electrons. The van der Waals surface area contributed by atoms with Gasteiger partial charge in [0.15, 0.2) is 0 Å². The van der Waals surface area contributed by atoms with Crippen LogP contribution in [-0.4, -0.2) is 35.9 Å². The molecule has 21 heavy (non-hydrogen) atoms. The highest BCUT2D eigenvalue weighted by molar-refractivity contribution is 5.92. The van der Waals surface area contributed by atoms with Crippen molar-refractivity contribution in [3.05, 3.63) is 30.2 Å². The van der Waals surface area contributed by atoms with E-state index in [1.807, 2.05) is 19.1 Å². The fraction of sp³-hybridized carbons (Fsp3) is 0.357. The summed E-state index contributed by atoms with van der Waals surface area (Å²) in [5.41, 5.74) is 7.94. The number of anilines is 1. The van der Waals surface area contributed by atoms with Crippen LogP contribution in [0.1, 0.15) is 12.0 Å². The monoisotopic (exact) mass is 290 g/mol. The van der Waals surface area contributed by atoms with Crippen LogP contribution in [0.4, 0.5) is 5.69 Å². The molecule has 7 heteroatoms. The van der Waals surface area contributed by atoms with Crippen molar-refractivity contribution in [1.29, 1.82) is 0 Å². The normalized spacial score (nSPS) is 12.1. The van der Waals surface area contributed by atoms with Crippen LogP contribution in [0.25, 0.3) is 11.5 Å². The Balaban J connectivity index is 2.06. The van der Waals surface area contributed by atoms with Gasteiger partial charge in [-0.15, -0.1) is 10.2 Å². The van der Waals surface area contributed by atoms with Crippen molar-refractivity contribution in [2.75, 3.05) is 19.0 Å². The average Bonchev–Trinajstić information content (AvgIpc) is 3.01. The molecule has 2 aromatic rings. The smallest absolute Gasteiger partial charge is 0.247 e. The number of nitrogens with one attached hydrogen (secondary N) is 1. The van der Waals surface area contributed by atoms with Crippen molar-refractivity contribution in [1.82, 2.24) is 10.2 Å². The molecule has 1 atom stereocenters. The standard InChI is InChI=1S/C14H18N4O3/c1-9-5-10(14-18-16-8-21-14)3-4-12(9)17-13(19)6-11(7-15)20-2/h3-5,8,11H,6-7,15H2,1-2H3,(H,17,19). The lowest BCUT2D eigenvalue weighted by Gasteiger charge is -2.14. The van der Waals surface area contributed by atoms with Crippen LogP contribution >= 0.6 is 0 Å². The first-order chi connectivity index (χ1) is 10.1. The molecule has 0 fully saturated rings. The molecule has 0 aliphatic heterocycles. The number of ether oxygens (including phenoxy) is 1. The Hall–Kier alpha value is -2.25. The number of methoxy groups -OCH3 is 1. The van der Waals surface area contributed by atoms with Gasteiger partial charge in [0, 0.05) is 24.9 Å². The van der Waals surface area contributed by atoms with Crippen LogP contribution in [0.2, 0.25) is 0 Å². The molecule has 0 saturated heterocycles. The second kappa shape index (κ2) is 6.96. The van der Waals surface area contributed by atoms with E-state index in [0.29, 0.717) is 12.4 Å². The predicted molar refractivity (Wildman–Crippen MR) is 77.6 cm³/mol. The Morgan fingerprint density at radius 1 is 1.52 bits per heavy atom. The second-order valence-corrected chi connectivity index (χ2v) is 4.62. The van der Waals surface area contributed by atoms with Crippen LogP contribution in [0, 0.1) is 6.92 Å². The molecule has 1 aromatic carbocycles. The highest BCUT2D eigenvalue weighted by Gasteiger charge is 2.13. The molecule has 0 aliphatic rings. The number of amides is 1. The predicted octanol–water partition coefficient (Wildman–Crippen LogP) is 1.35. The maximum atomic E-state index is 11.9. The van der Waals surface area contributed by atoms with Crippen LogP contribution in [-0.2, 0) is 9.53 Å². The van der Waals surface area contributed by atoms with Gasteiger partial charge in [0.25, 0.3) is 0 Å². The Bertz CT molecular complexity index is 594. The molecule has 0 aliphatic carbocycles. The summed E-state index contributed by atoms with van der Waals surface area (Å²) in [5.74, 6) is 0.305. The first-order valence-corrected chi connectivity index (χ1v) is 6.54. The van der Waals surface area contributed by atoms with Crippen molar-refractivity contribution >= 4 is 11.6 Å². The second-order valence-electron chi connectivity index (χ2n) is 4.62. The summed E-state index contributed by atoms with van der Waals surface area (Å²) >= 11 is 0. The summed E-state index contributed by atoms with van der Waals surface area (Å²) in [6, 6.07) is 5.49. The molecule has 2 rings (SSSR count). The lowest BCUT2D eigenvalue weighted by Crippen LogP contribution is -2.28. The molecule has 0 bridgehead atoms. The van der Waals surface area contributed by atoms with E-state index in [2.05, 4.69) is 15.5 Å². The third-order valence-corrected chi connectivity index (χ3v) is 3.12. The van der Waals surface area contributed by atoms with E-state index in [9.17, 15) is 4.79 Å². The van der Waals surface area contributed by atoms with Gasteiger partial charge in [-0.1, -0.05) is 0 Å².